The Bertz CT molecular complexity index is 903. The molecule has 0 bridgehead atoms. The summed E-state index contributed by atoms with van der Waals surface area (Å²) in [6.07, 6.45) is 5.69. The summed E-state index contributed by atoms with van der Waals surface area (Å²) in [5, 5.41) is 0. The van der Waals surface area contributed by atoms with Crippen molar-refractivity contribution in [2.45, 2.75) is 24.7 Å². The first-order valence-corrected chi connectivity index (χ1v) is 8.97. The SMILES string of the molecule is c1ccc(C2Cc3cnc(C4COc5ccccc5OC4)nc3C2)nc1. The van der Waals surface area contributed by atoms with Crippen LogP contribution in [0.3, 0.4) is 0 Å². The highest BCUT2D eigenvalue weighted by molar-refractivity contribution is 5.40. The highest BCUT2D eigenvalue weighted by atomic mass is 16.5. The van der Waals surface area contributed by atoms with E-state index in [4.69, 9.17) is 14.5 Å². The molecule has 1 aliphatic carbocycles. The molecule has 26 heavy (non-hydrogen) atoms. The van der Waals surface area contributed by atoms with Crippen molar-refractivity contribution in [3.8, 4) is 11.5 Å². The molecule has 3 aromatic rings. The van der Waals surface area contributed by atoms with Gasteiger partial charge in [-0.2, -0.15) is 0 Å². The second kappa shape index (κ2) is 6.41. The molecule has 2 aromatic heterocycles. The fourth-order valence-electron chi connectivity index (χ4n) is 3.67. The van der Waals surface area contributed by atoms with Gasteiger partial charge in [0, 0.05) is 29.7 Å². The van der Waals surface area contributed by atoms with Crippen LogP contribution < -0.4 is 9.47 Å². The predicted octanol–water partition coefficient (Wildman–Crippen LogP) is 3.31. The van der Waals surface area contributed by atoms with Gasteiger partial charge in [0.1, 0.15) is 19.0 Å². The van der Waals surface area contributed by atoms with E-state index in [1.54, 1.807) is 0 Å². The number of fused-ring (bicyclic) bond motifs is 2. The Morgan fingerprint density at radius 3 is 2.31 bits per heavy atom. The first-order chi connectivity index (χ1) is 12.9. The molecule has 3 heterocycles. The molecule has 1 atom stereocenters. The van der Waals surface area contributed by atoms with Crippen molar-refractivity contribution in [2.75, 3.05) is 13.2 Å². The average Bonchev–Trinajstić information content (AvgIpc) is 3.01. The lowest BCUT2D eigenvalue weighted by molar-refractivity contribution is 0.257. The van der Waals surface area contributed by atoms with Crippen molar-refractivity contribution in [3.63, 3.8) is 0 Å². The molecule has 0 fully saturated rings. The number of hydrogen-bond donors (Lipinski definition) is 0. The minimum Gasteiger partial charge on any atom is -0.489 e. The average molecular weight is 345 g/mol. The van der Waals surface area contributed by atoms with Gasteiger partial charge in [0.15, 0.2) is 11.5 Å². The lowest BCUT2D eigenvalue weighted by atomic mass is 10.0. The van der Waals surface area contributed by atoms with Crippen LogP contribution in [-0.2, 0) is 12.8 Å². The van der Waals surface area contributed by atoms with Crippen LogP contribution in [-0.4, -0.2) is 28.2 Å². The van der Waals surface area contributed by atoms with Gasteiger partial charge in [-0.05, 0) is 42.7 Å². The predicted molar refractivity (Wildman–Crippen MR) is 96.6 cm³/mol. The van der Waals surface area contributed by atoms with Crippen LogP contribution in [0.1, 0.15) is 34.6 Å². The maximum atomic E-state index is 5.91. The molecule has 0 saturated heterocycles. The number of nitrogens with zero attached hydrogens (tertiary/aromatic N) is 3. The topological polar surface area (TPSA) is 57.1 Å². The van der Waals surface area contributed by atoms with Gasteiger partial charge < -0.3 is 9.47 Å². The van der Waals surface area contributed by atoms with E-state index in [1.807, 2.05) is 48.8 Å². The van der Waals surface area contributed by atoms with Crippen molar-refractivity contribution in [2.24, 2.45) is 0 Å². The van der Waals surface area contributed by atoms with E-state index in [2.05, 4.69) is 16.0 Å². The van der Waals surface area contributed by atoms with Gasteiger partial charge in [0.25, 0.3) is 0 Å². The summed E-state index contributed by atoms with van der Waals surface area (Å²) in [5.41, 5.74) is 3.49. The molecule has 0 radical (unpaired) electrons. The highest BCUT2D eigenvalue weighted by Gasteiger charge is 2.28. The molecule has 1 aliphatic heterocycles. The molecule has 0 amide bonds. The van der Waals surface area contributed by atoms with Crippen LogP contribution in [0.15, 0.2) is 54.9 Å². The number of rotatable bonds is 2. The van der Waals surface area contributed by atoms with Crippen molar-refractivity contribution in [1.29, 1.82) is 0 Å². The van der Waals surface area contributed by atoms with Crippen molar-refractivity contribution in [1.82, 2.24) is 15.0 Å². The lowest BCUT2D eigenvalue weighted by Gasteiger charge is -2.12. The first-order valence-electron chi connectivity index (χ1n) is 8.97. The van der Waals surface area contributed by atoms with Crippen molar-refractivity contribution in [3.05, 3.63) is 77.6 Å². The third-order valence-electron chi connectivity index (χ3n) is 5.08. The zero-order chi connectivity index (χ0) is 17.3. The molecular weight excluding hydrogens is 326 g/mol. The molecule has 1 unspecified atom stereocenters. The molecule has 0 N–H and O–H groups in total. The Morgan fingerprint density at radius 1 is 0.808 bits per heavy atom. The van der Waals surface area contributed by atoms with E-state index in [0.29, 0.717) is 19.1 Å². The summed E-state index contributed by atoms with van der Waals surface area (Å²) in [6.45, 7) is 1.05. The fourth-order valence-corrected chi connectivity index (χ4v) is 3.67. The number of aromatic nitrogens is 3. The summed E-state index contributed by atoms with van der Waals surface area (Å²) >= 11 is 0. The van der Waals surface area contributed by atoms with Crippen LogP contribution in [0.4, 0.5) is 0 Å². The molecular formula is C21H19N3O2. The number of pyridine rings is 1. The second-order valence-corrected chi connectivity index (χ2v) is 6.83. The molecule has 5 rings (SSSR count). The fraction of sp³-hybridized carbons (Fsp3) is 0.286. The van der Waals surface area contributed by atoms with E-state index in [9.17, 15) is 0 Å². The van der Waals surface area contributed by atoms with Gasteiger partial charge in [0.2, 0.25) is 0 Å². The first kappa shape index (κ1) is 15.3. The number of para-hydroxylation sites is 2. The highest BCUT2D eigenvalue weighted by Crippen LogP contribution is 2.34. The molecule has 0 saturated carbocycles. The summed E-state index contributed by atoms with van der Waals surface area (Å²) in [6, 6.07) is 13.8. The van der Waals surface area contributed by atoms with Crippen molar-refractivity contribution < 1.29 is 9.47 Å². The third kappa shape index (κ3) is 2.79. The van der Waals surface area contributed by atoms with E-state index in [-0.39, 0.29) is 5.92 Å². The molecule has 5 heteroatoms. The maximum absolute atomic E-state index is 5.91. The summed E-state index contributed by atoms with van der Waals surface area (Å²) in [4.78, 5) is 14.0. The van der Waals surface area contributed by atoms with Gasteiger partial charge >= 0.3 is 0 Å². The van der Waals surface area contributed by atoms with E-state index < -0.39 is 0 Å². The van der Waals surface area contributed by atoms with Gasteiger partial charge in [-0.15, -0.1) is 0 Å². The monoisotopic (exact) mass is 345 g/mol. The van der Waals surface area contributed by atoms with Crippen LogP contribution >= 0.6 is 0 Å². The Balaban J connectivity index is 1.35. The Labute approximate surface area is 152 Å². The Kier molecular flexibility index (Phi) is 3.77. The van der Waals surface area contributed by atoms with E-state index in [0.717, 1.165) is 41.6 Å². The van der Waals surface area contributed by atoms with Gasteiger partial charge in [-0.25, -0.2) is 9.97 Å². The smallest absolute Gasteiger partial charge is 0.161 e. The van der Waals surface area contributed by atoms with E-state index >= 15 is 0 Å². The Morgan fingerprint density at radius 2 is 1.58 bits per heavy atom. The van der Waals surface area contributed by atoms with Gasteiger partial charge in [0.05, 0.1) is 5.92 Å². The molecule has 1 aromatic carbocycles. The van der Waals surface area contributed by atoms with E-state index in [1.165, 1.54) is 5.56 Å². The molecule has 130 valence electrons. The minimum absolute atomic E-state index is 0.0293. The quantitative estimate of drug-likeness (QED) is 0.713. The molecule has 5 nitrogen and oxygen atoms in total. The normalized spacial score (nSPS) is 19.0. The Hall–Kier alpha value is -2.95. The summed E-state index contributed by atoms with van der Waals surface area (Å²) < 4.78 is 11.8. The van der Waals surface area contributed by atoms with Crippen LogP contribution in [0.2, 0.25) is 0 Å². The number of ether oxygens (including phenoxy) is 2. The summed E-state index contributed by atoms with van der Waals surface area (Å²) in [5.74, 6) is 2.79. The number of benzene rings is 1. The van der Waals surface area contributed by atoms with Gasteiger partial charge in [-0.1, -0.05) is 18.2 Å². The second-order valence-electron chi connectivity index (χ2n) is 6.83. The minimum atomic E-state index is 0.0293. The van der Waals surface area contributed by atoms with Crippen molar-refractivity contribution >= 4 is 0 Å². The van der Waals surface area contributed by atoms with Crippen LogP contribution in [0.25, 0.3) is 0 Å². The van der Waals surface area contributed by atoms with Crippen LogP contribution in [0, 0.1) is 0 Å². The summed E-state index contributed by atoms with van der Waals surface area (Å²) in [7, 11) is 0. The maximum Gasteiger partial charge on any atom is 0.161 e. The number of hydrogen-bond acceptors (Lipinski definition) is 5. The zero-order valence-electron chi connectivity index (χ0n) is 14.3. The molecule has 2 aliphatic rings. The zero-order valence-corrected chi connectivity index (χ0v) is 14.3. The third-order valence-corrected chi connectivity index (χ3v) is 5.08. The largest absolute Gasteiger partial charge is 0.489 e. The van der Waals surface area contributed by atoms with Crippen LogP contribution in [0.5, 0.6) is 11.5 Å². The lowest BCUT2D eigenvalue weighted by Crippen LogP contribution is -2.18. The van der Waals surface area contributed by atoms with Gasteiger partial charge in [-0.3, -0.25) is 4.98 Å². The standard InChI is InChI=1S/C21H19N3O2/c1-2-7-20-19(6-1)25-12-16(13-26-20)21-23-11-15-9-14(10-18(15)24-21)17-5-3-4-8-22-17/h1-8,11,14,16H,9-10,12-13H2. The molecule has 0 spiro atoms.